The second-order valence-corrected chi connectivity index (χ2v) is 5.34. The molecule has 0 aliphatic carbocycles. The van der Waals surface area contributed by atoms with Gasteiger partial charge in [-0.3, -0.25) is 4.79 Å². The minimum Gasteiger partial charge on any atom is -0.293 e. The summed E-state index contributed by atoms with van der Waals surface area (Å²) in [4.78, 5) is 11.2. The molecule has 1 atom stereocenters. The highest BCUT2D eigenvalue weighted by molar-refractivity contribution is 9.12. The van der Waals surface area contributed by atoms with Crippen LogP contribution < -0.4 is 0 Å². The van der Waals surface area contributed by atoms with Crippen molar-refractivity contribution in [3.05, 3.63) is 34.3 Å². The Balaban J connectivity index is 3.09. The van der Waals surface area contributed by atoms with Gasteiger partial charge in [-0.25, -0.2) is 0 Å². The lowest BCUT2D eigenvalue weighted by Gasteiger charge is -2.11. The van der Waals surface area contributed by atoms with E-state index in [1.807, 2.05) is 0 Å². The topological polar surface area (TPSA) is 17.1 Å². The minimum absolute atomic E-state index is 0.143. The quantitative estimate of drug-likeness (QED) is 0.537. The molecule has 0 saturated heterocycles. The predicted octanol–water partition coefficient (Wildman–Crippen LogP) is 4.70. The molecule has 0 aliphatic heterocycles. The van der Waals surface area contributed by atoms with Gasteiger partial charge in [-0.15, -0.1) is 0 Å². The normalized spacial score (nSPS) is 13.5. The first-order valence-electron chi connectivity index (χ1n) is 4.38. The third kappa shape index (κ3) is 3.69. The molecule has 0 aromatic heterocycles. The number of carbonyl (C=O) groups excluding carboxylic acids is 1. The highest BCUT2D eigenvalue weighted by Gasteiger charge is 2.33. The molecule has 17 heavy (non-hydrogen) atoms. The third-order valence-corrected chi connectivity index (χ3v) is 4.55. The highest BCUT2D eigenvalue weighted by Crippen LogP contribution is 2.35. The highest BCUT2D eigenvalue weighted by atomic mass is 79.9. The Morgan fingerprint density at radius 3 is 2.41 bits per heavy atom. The zero-order chi connectivity index (χ0) is 13.2. The van der Waals surface area contributed by atoms with E-state index in [0.29, 0.717) is 5.33 Å². The van der Waals surface area contributed by atoms with Crippen molar-refractivity contribution in [1.29, 1.82) is 0 Å². The van der Waals surface area contributed by atoms with Crippen LogP contribution in [0.2, 0.25) is 5.02 Å². The number of Topliss-reactive ketones (excluding diaryl/α,β-unsaturated/α-hetero) is 1. The van der Waals surface area contributed by atoms with E-state index in [9.17, 15) is 18.0 Å². The first-order valence-corrected chi connectivity index (χ1v) is 6.80. The van der Waals surface area contributed by atoms with E-state index in [0.717, 1.165) is 18.2 Å². The molecule has 1 aromatic rings. The summed E-state index contributed by atoms with van der Waals surface area (Å²) >= 11 is 11.7. The maximum Gasteiger partial charge on any atom is 0.417 e. The standard InChI is InChI=1S/C10H6Br2ClF3O/c11-4-7(12)9(17)5-1-2-6(8(13)3-5)10(14,15)16/h1-3,7H,4H2. The zero-order valence-corrected chi connectivity index (χ0v) is 12.1. The fourth-order valence-corrected chi connectivity index (χ4v) is 2.00. The van der Waals surface area contributed by atoms with Crippen molar-refractivity contribution < 1.29 is 18.0 Å². The fourth-order valence-electron chi connectivity index (χ4n) is 1.15. The van der Waals surface area contributed by atoms with Crippen molar-refractivity contribution in [2.45, 2.75) is 11.0 Å². The van der Waals surface area contributed by atoms with Crippen LogP contribution in [-0.4, -0.2) is 15.9 Å². The molecule has 0 heterocycles. The van der Waals surface area contributed by atoms with Gasteiger partial charge >= 0.3 is 6.18 Å². The maximum absolute atomic E-state index is 12.4. The monoisotopic (exact) mass is 392 g/mol. The molecule has 0 bridgehead atoms. The SMILES string of the molecule is O=C(c1ccc(C(F)(F)F)c(Cl)c1)C(Br)CBr. The Hall–Kier alpha value is -0.0700. The number of benzene rings is 1. The average Bonchev–Trinajstić information content (AvgIpc) is 2.25. The van der Waals surface area contributed by atoms with Crippen LogP contribution in [0.3, 0.4) is 0 Å². The molecule has 1 aromatic carbocycles. The van der Waals surface area contributed by atoms with E-state index < -0.39 is 21.6 Å². The van der Waals surface area contributed by atoms with Crippen LogP contribution in [0.15, 0.2) is 18.2 Å². The van der Waals surface area contributed by atoms with Gasteiger partial charge in [-0.05, 0) is 12.1 Å². The van der Waals surface area contributed by atoms with Crippen molar-refractivity contribution in [2.24, 2.45) is 0 Å². The summed E-state index contributed by atoms with van der Waals surface area (Å²) in [5.41, 5.74) is -0.801. The number of rotatable bonds is 3. The van der Waals surface area contributed by atoms with E-state index in [2.05, 4.69) is 31.9 Å². The Bertz CT molecular complexity index is 434. The number of ketones is 1. The second-order valence-electron chi connectivity index (χ2n) is 3.18. The summed E-state index contributed by atoms with van der Waals surface area (Å²) in [6, 6.07) is 2.96. The fraction of sp³-hybridized carbons (Fsp3) is 0.300. The van der Waals surface area contributed by atoms with E-state index >= 15 is 0 Å². The van der Waals surface area contributed by atoms with Gasteiger partial charge in [-0.1, -0.05) is 49.5 Å². The van der Waals surface area contributed by atoms with Crippen LogP contribution in [-0.2, 0) is 6.18 Å². The first kappa shape index (κ1) is 15.0. The third-order valence-electron chi connectivity index (χ3n) is 1.98. The summed E-state index contributed by atoms with van der Waals surface area (Å²) in [6.07, 6.45) is -4.51. The van der Waals surface area contributed by atoms with Crippen LogP contribution in [0.25, 0.3) is 0 Å². The number of halogens is 6. The number of hydrogen-bond acceptors (Lipinski definition) is 1. The lowest BCUT2D eigenvalue weighted by Crippen LogP contribution is -2.16. The van der Waals surface area contributed by atoms with Crippen LogP contribution >= 0.6 is 43.5 Å². The summed E-state index contributed by atoms with van der Waals surface area (Å²) in [5, 5.41) is -0.109. The number of carbonyl (C=O) groups is 1. The summed E-state index contributed by atoms with van der Waals surface area (Å²) in [6.45, 7) is 0. The molecular weight excluding hydrogens is 388 g/mol. The van der Waals surface area contributed by atoms with Gasteiger partial charge in [0.25, 0.3) is 0 Å². The summed E-state index contributed by atoms with van der Waals surface area (Å²) in [7, 11) is 0. The Labute approximate surface area is 118 Å². The van der Waals surface area contributed by atoms with Gasteiger partial charge < -0.3 is 0 Å². The van der Waals surface area contributed by atoms with E-state index in [1.165, 1.54) is 0 Å². The molecule has 0 amide bonds. The summed E-state index contributed by atoms with van der Waals surface area (Å²) in [5.74, 6) is -0.322. The largest absolute Gasteiger partial charge is 0.417 e. The molecule has 7 heteroatoms. The van der Waals surface area contributed by atoms with Crippen molar-refractivity contribution in [3.63, 3.8) is 0 Å². The predicted molar refractivity (Wildman–Crippen MR) is 67.3 cm³/mol. The lowest BCUT2D eigenvalue weighted by molar-refractivity contribution is -0.137. The Kier molecular flexibility index (Phi) is 5.04. The van der Waals surface area contributed by atoms with Gasteiger partial charge in [0.05, 0.1) is 15.4 Å². The van der Waals surface area contributed by atoms with Crippen molar-refractivity contribution in [3.8, 4) is 0 Å². The van der Waals surface area contributed by atoms with Crippen LogP contribution in [0, 0.1) is 0 Å². The van der Waals surface area contributed by atoms with Crippen LogP contribution in [0.1, 0.15) is 15.9 Å². The molecular formula is C10H6Br2ClF3O. The molecule has 1 rings (SSSR count). The lowest BCUT2D eigenvalue weighted by atomic mass is 10.1. The zero-order valence-electron chi connectivity index (χ0n) is 8.19. The number of hydrogen-bond donors (Lipinski definition) is 0. The van der Waals surface area contributed by atoms with Crippen molar-refractivity contribution in [1.82, 2.24) is 0 Å². The molecule has 0 spiro atoms. The van der Waals surface area contributed by atoms with Gasteiger partial charge in [-0.2, -0.15) is 13.2 Å². The van der Waals surface area contributed by atoms with Crippen molar-refractivity contribution >= 4 is 49.2 Å². The van der Waals surface area contributed by atoms with E-state index in [1.54, 1.807) is 0 Å². The van der Waals surface area contributed by atoms with Crippen LogP contribution in [0.5, 0.6) is 0 Å². The number of alkyl halides is 5. The maximum atomic E-state index is 12.4. The smallest absolute Gasteiger partial charge is 0.293 e. The minimum atomic E-state index is -4.51. The van der Waals surface area contributed by atoms with Gasteiger partial charge in [0.2, 0.25) is 0 Å². The molecule has 0 radical (unpaired) electrons. The van der Waals surface area contributed by atoms with E-state index in [4.69, 9.17) is 11.6 Å². The Morgan fingerprint density at radius 2 is 2.00 bits per heavy atom. The van der Waals surface area contributed by atoms with Crippen LogP contribution in [0.4, 0.5) is 13.2 Å². The van der Waals surface area contributed by atoms with Crippen molar-refractivity contribution in [2.75, 3.05) is 5.33 Å². The van der Waals surface area contributed by atoms with Gasteiger partial charge in [0, 0.05) is 10.9 Å². The molecule has 0 saturated carbocycles. The molecule has 0 fully saturated rings. The summed E-state index contributed by atoms with van der Waals surface area (Å²) < 4.78 is 37.3. The first-order chi connectivity index (χ1) is 7.77. The molecule has 1 nitrogen and oxygen atoms in total. The molecule has 94 valence electrons. The van der Waals surface area contributed by atoms with E-state index in [-0.39, 0.29) is 11.3 Å². The Morgan fingerprint density at radius 1 is 1.41 bits per heavy atom. The molecule has 0 aliphatic rings. The average molecular weight is 394 g/mol. The molecule has 1 unspecified atom stereocenters. The van der Waals surface area contributed by atoms with Gasteiger partial charge in [0.15, 0.2) is 5.78 Å². The van der Waals surface area contributed by atoms with Gasteiger partial charge in [0.1, 0.15) is 0 Å². The second kappa shape index (κ2) is 5.71. The molecule has 0 N–H and O–H groups in total.